The van der Waals surface area contributed by atoms with Crippen LogP contribution in [-0.2, 0) is 27.9 Å². The first-order valence-corrected chi connectivity index (χ1v) is 25.9. The Morgan fingerprint density at radius 3 is 1.41 bits per heavy atom. The van der Waals surface area contributed by atoms with E-state index in [0.29, 0.717) is 13.0 Å². The number of ether oxygens (including phenoxy) is 2. The van der Waals surface area contributed by atoms with Gasteiger partial charge in [-0.3, -0.25) is 13.8 Å². The lowest BCUT2D eigenvalue weighted by molar-refractivity contribution is -0.220. The summed E-state index contributed by atoms with van der Waals surface area (Å²) < 4.78 is 34.2. The Hall–Kier alpha value is -2.48. The zero-order chi connectivity index (χ0) is 46.9. The monoisotopic (exact) mass is 923 g/mol. The highest BCUT2D eigenvalue weighted by Crippen LogP contribution is 2.47. The molecule has 0 saturated heterocycles. The second-order valence-electron chi connectivity index (χ2n) is 16.6. The molecule has 13 heteroatoms. The number of allylic oxidation sites excluding steroid dienone is 14. The van der Waals surface area contributed by atoms with Crippen molar-refractivity contribution in [2.45, 2.75) is 211 Å². The Morgan fingerprint density at radius 1 is 0.516 bits per heavy atom. The summed E-state index contributed by atoms with van der Waals surface area (Å²) in [6, 6.07) is 0. The predicted octanol–water partition coefficient (Wildman–Crippen LogP) is 10.5. The van der Waals surface area contributed by atoms with Crippen LogP contribution in [0.4, 0.5) is 0 Å². The third-order valence-corrected chi connectivity index (χ3v) is 11.7. The van der Waals surface area contributed by atoms with E-state index in [1.54, 1.807) is 0 Å². The Kier molecular flexibility index (Phi) is 37.9. The molecule has 0 radical (unpaired) electrons. The number of esters is 1. The van der Waals surface area contributed by atoms with Gasteiger partial charge in [0.15, 0.2) is 0 Å². The molecule has 368 valence electrons. The van der Waals surface area contributed by atoms with Crippen LogP contribution in [0, 0.1) is 0 Å². The standard InChI is InChI=1S/C51H87O12P/c1-3-5-7-9-11-13-15-17-19-21-23-24-26-28-30-32-34-36-38-40-45(52)62-44(43-61-64(58,59)63-51-49(56)47(54)46(53)48(55)50(51)57)42-60-41-39-37-35-33-31-29-27-25-22-20-18-16-14-12-10-8-6-4-2/h6,8,11-14,17-20,25,27,31,33,44,46-51,53-57H,3-5,7,9-10,15-16,21-24,26,28-30,32,34-43H2,1-2H3,(H,58,59)/b8-6-,13-11-,14-12-,19-17-,20-18-,27-25-,33-31-. The Morgan fingerprint density at radius 2 is 0.922 bits per heavy atom. The zero-order valence-corrected chi connectivity index (χ0v) is 40.2. The van der Waals surface area contributed by atoms with E-state index in [4.69, 9.17) is 18.5 Å². The second kappa shape index (κ2) is 40.8. The number of phosphoric acid groups is 1. The van der Waals surface area contributed by atoms with E-state index in [0.717, 1.165) is 83.5 Å². The Balaban J connectivity index is 2.41. The number of unbranched alkanes of at least 4 members (excludes halogenated alkanes) is 14. The lowest BCUT2D eigenvalue weighted by Gasteiger charge is -2.41. The summed E-state index contributed by atoms with van der Waals surface area (Å²) in [4.78, 5) is 23.2. The van der Waals surface area contributed by atoms with Gasteiger partial charge in [0, 0.05) is 13.0 Å². The zero-order valence-electron chi connectivity index (χ0n) is 39.3. The molecule has 1 aliphatic carbocycles. The molecule has 6 N–H and O–H groups in total. The summed E-state index contributed by atoms with van der Waals surface area (Å²) in [5, 5.41) is 50.3. The van der Waals surface area contributed by atoms with Gasteiger partial charge in [-0.25, -0.2) is 4.57 Å². The van der Waals surface area contributed by atoms with E-state index in [1.807, 2.05) is 0 Å². The minimum absolute atomic E-state index is 0.113. The highest BCUT2D eigenvalue weighted by atomic mass is 31.2. The maximum atomic E-state index is 12.8. The van der Waals surface area contributed by atoms with Crippen LogP contribution < -0.4 is 0 Å². The number of phosphoric ester groups is 1. The quantitative estimate of drug-likeness (QED) is 0.0148. The molecule has 6 atom stereocenters. The van der Waals surface area contributed by atoms with Crippen LogP contribution in [0.5, 0.6) is 0 Å². The van der Waals surface area contributed by atoms with Gasteiger partial charge in [-0.05, 0) is 89.9 Å². The van der Waals surface area contributed by atoms with Crippen molar-refractivity contribution >= 4 is 13.8 Å². The largest absolute Gasteiger partial charge is 0.472 e. The van der Waals surface area contributed by atoms with Crippen molar-refractivity contribution in [2.24, 2.45) is 0 Å². The molecular formula is C51H87O12P. The van der Waals surface area contributed by atoms with Gasteiger partial charge in [0.25, 0.3) is 0 Å². The molecule has 0 bridgehead atoms. The molecule has 6 unspecified atom stereocenters. The third kappa shape index (κ3) is 32.2. The van der Waals surface area contributed by atoms with Gasteiger partial charge >= 0.3 is 13.8 Å². The van der Waals surface area contributed by atoms with E-state index in [-0.39, 0.29) is 13.0 Å². The first-order chi connectivity index (χ1) is 31.0. The van der Waals surface area contributed by atoms with Gasteiger partial charge in [0.1, 0.15) is 42.7 Å². The number of carbonyl (C=O) groups excluding carboxylic acids is 1. The molecule has 1 fully saturated rings. The van der Waals surface area contributed by atoms with Crippen molar-refractivity contribution in [3.63, 3.8) is 0 Å². The fourth-order valence-electron chi connectivity index (χ4n) is 6.88. The summed E-state index contributed by atoms with van der Waals surface area (Å²) in [6.07, 6.45) is 42.2. The van der Waals surface area contributed by atoms with Crippen molar-refractivity contribution in [1.82, 2.24) is 0 Å². The fraction of sp³-hybridized carbons (Fsp3) is 0.706. The van der Waals surface area contributed by atoms with Crippen molar-refractivity contribution in [1.29, 1.82) is 0 Å². The molecule has 64 heavy (non-hydrogen) atoms. The van der Waals surface area contributed by atoms with E-state index in [2.05, 4.69) is 98.9 Å². The topological polar surface area (TPSA) is 192 Å². The van der Waals surface area contributed by atoms with Crippen LogP contribution in [0.3, 0.4) is 0 Å². The smallest absolute Gasteiger partial charge is 0.457 e. The van der Waals surface area contributed by atoms with Crippen LogP contribution in [0.25, 0.3) is 0 Å². The molecule has 12 nitrogen and oxygen atoms in total. The van der Waals surface area contributed by atoms with Crippen LogP contribution >= 0.6 is 7.82 Å². The number of hydrogen-bond acceptors (Lipinski definition) is 11. The fourth-order valence-corrected chi connectivity index (χ4v) is 7.85. The maximum Gasteiger partial charge on any atom is 0.472 e. The van der Waals surface area contributed by atoms with Crippen LogP contribution in [0.1, 0.15) is 168 Å². The SMILES string of the molecule is CC/C=C\C/C=C\C/C=C\C/C=C\C/C=C\CCCCOCC(COP(=O)(O)OC1C(O)C(O)C(O)C(O)C1O)OC(=O)CCCCCCCCCCC/C=C\C/C=C\CCCCC. The lowest BCUT2D eigenvalue weighted by Crippen LogP contribution is -2.64. The number of aliphatic hydroxyl groups is 5. The first kappa shape index (κ1) is 59.5. The molecule has 0 amide bonds. The van der Waals surface area contributed by atoms with Gasteiger partial charge in [0.05, 0.1) is 13.2 Å². The number of rotatable bonds is 40. The molecule has 1 aliphatic rings. The molecule has 0 aliphatic heterocycles. The highest BCUT2D eigenvalue weighted by molar-refractivity contribution is 7.47. The van der Waals surface area contributed by atoms with Gasteiger partial charge < -0.3 is 39.9 Å². The van der Waals surface area contributed by atoms with Crippen molar-refractivity contribution in [3.8, 4) is 0 Å². The minimum Gasteiger partial charge on any atom is -0.457 e. The molecule has 1 rings (SSSR count). The normalized spacial score (nSPS) is 22.4. The molecular weight excluding hydrogens is 836 g/mol. The molecule has 1 saturated carbocycles. The lowest BCUT2D eigenvalue weighted by atomic mass is 9.85. The summed E-state index contributed by atoms with van der Waals surface area (Å²) >= 11 is 0. The number of carbonyl (C=O) groups is 1. The van der Waals surface area contributed by atoms with Crippen molar-refractivity contribution in [3.05, 3.63) is 85.1 Å². The molecule has 0 aromatic rings. The van der Waals surface area contributed by atoms with Gasteiger partial charge in [-0.1, -0.05) is 157 Å². The second-order valence-corrected chi connectivity index (χ2v) is 18.0. The summed E-state index contributed by atoms with van der Waals surface area (Å²) in [5.41, 5.74) is 0. The highest BCUT2D eigenvalue weighted by Gasteiger charge is 2.51. The van der Waals surface area contributed by atoms with Crippen molar-refractivity contribution < 1.29 is 58.3 Å². The van der Waals surface area contributed by atoms with Gasteiger partial charge in [-0.15, -0.1) is 0 Å². The molecule has 0 spiro atoms. The number of hydrogen-bond donors (Lipinski definition) is 6. The molecule has 0 aromatic heterocycles. The van der Waals surface area contributed by atoms with Crippen LogP contribution in [0.15, 0.2) is 85.1 Å². The molecule has 0 aromatic carbocycles. The molecule has 0 heterocycles. The summed E-state index contributed by atoms with van der Waals surface area (Å²) in [6.45, 7) is 4.01. The number of aliphatic hydroxyl groups excluding tert-OH is 5. The Bertz CT molecular complexity index is 1380. The van der Waals surface area contributed by atoms with Gasteiger partial charge in [0.2, 0.25) is 0 Å². The van der Waals surface area contributed by atoms with Gasteiger partial charge in [-0.2, -0.15) is 0 Å². The predicted molar refractivity (Wildman–Crippen MR) is 258 cm³/mol. The third-order valence-electron chi connectivity index (χ3n) is 10.8. The average molecular weight is 923 g/mol. The average Bonchev–Trinajstić information content (AvgIpc) is 3.28. The van der Waals surface area contributed by atoms with E-state index < -0.39 is 63.1 Å². The van der Waals surface area contributed by atoms with Crippen LogP contribution in [0.2, 0.25) is 0 Å². The van der Waals surface area contributed by atoms with E-state index in [1.165, 1.54) is 57.8 Å². The van der Waals surface area contributed by atoms with Crippen molar-refractivity contribution in [2.75, 3.05) is 19.8 Å². The minimum atomic E-state index is -5.04. The van der Waals surface area contributed by atoms with E-state index >= 15 is 0 Å². The van der Waals surface area contributed by atoms with Crippen LogP contribution in [-0.4, -0.2) is 98.9 Å². The first-order valence-electron chi connectivity index (χ1n) is 24.4. The summed E-state index contributed by atoms with van der Waals surface area (Å²) in [5.74, 6) is -0.500. The Labute approximate surface area is 386 Å². The summed E-state index contributed by atoms with van der Waals surface area (Å²) in [7, 11) is -5.04. The maximum absolute atomic E-state index is 12.8. The van der Waals surface area contributed by atoms with E-state index in [9.17, 15) is 39.8 Å².